The van der Waals surface area contributed by atoms with Gasteiger partial charge in [0, 0.05) is 42.9 Å². The molecule has 9 heteroatoms. The Morgan fingerprint density at radius 2 is 1.83 bits per heavy atom. The van der Waals surface area contributed by atoms with Crippen molar-refractivity contribution in [2.45, 2.75) is 32.5 Å². The molecule has 1 atom stereocenters. The summed E-state index contributed by atoms with van der Waals surface area (Å²) < 4.78 is 70.0. The number of pyridine rings is 1. The number of hydrogen-bond donors (Lipinski definition) is 0. The van der Waals surface area contributed by atoms with Crippen LogP contribution in [0.3, 0.4) is 0 Å². The standard InChI is InChI=1S/C21H19F5N4/c1-10-5-6-15(10)29(3)17-8-16-13(9-27-17)20(28-30(16)4)12-7-14(21(24,25)26)19(23)11(2)18(12)22/h5,7-9,15H,6H2,1-4H3. The molecule has 0 saturated carbocycles. The van der Waals surface area contributed by atoms with Crippen molar-refractivity contribution in [2.24, 2.45) is 7.05 Å². The molecular formula is C21H19F5N4. The van der Waals surface area contributed by atoms with Crippen LogP contribution in [-0.4, -0.2) is 27.9 Å². The first-order valence-electron chi connectivity index (χ1n) is 9.29. The summed E-state index contributed by atoms with van der Waals surface area (Å²) >= 11 is 0. The molecular weight excluding hydrogens is 403 g/mol. The molecule has 0 bridgehead atoms. The lowest BCUT2D eigenvalue weighted by Crippen LogP contribution is -2.37. The van der Waals surface area contributed by atoms with E-state index in [1.165, 1.54) is 16.5 Å². The van der Waals surface area contributed by atoms with Crippen LogP contribution >= 0.6 is 0 Å². The van der Waals surface area contributed by atoms with Crippen molar-refractivity contribution in [3.63, 3.8) is 0 Å². The second-order valence-electron chi connectivity index (χ2n) is 7.56. The van der Waals surface area contributed by atoms with Crippen LogP contribution in [0.5, 0.6) is 0 Å². The van der Waals surface area contributed by atoms with E-state index in [1.807, 2.05) is 18.9 Å². The van der Waals surface area contributed by atoms with Gasteiger partial charge in [-0.2, -0.15) is 18.3 Å². The lowest BCUT2D eigenvalue weighted by atomic mass is 9.92. The second kappa shape index (κ2) is 6.78. The highest BCUT2D eigenvalue weighted by Crippen LogP contribution is 2.39. The van der Waals surface area contributed by atoms with Gasteiger partial charge in [0.15, 0.2) is 0 Å². The summed E-state index contributed by atoms with van der Waals surface area (Å²) in [6.45, 7) is 3.01. The topological polar surface area (TPSA) is 34.0 Å². The van der Waals surface area contributed by atoms with Crippen LogP contribution in [0, 0.1) is 18.6 Å². The summed E-state index contributed by atoms with van der Waals surface area (Å²) in [5, 5.41) is 4.61. The van der Waals surface area contributed by atoms with E-state index in [-0.39, 0.29) is 11.7 Å². The second-order valence-corrected chi connectivity index (χ2v) is 7.56. The number of fused-ring (bicyclic) bond motifs is 1. The number of nitrogens with zero attached hydrogens (tertiary/aromatic N) is 4. The normalized spacial score (nSPS) is 16.6. The van der Waals surface area contributed by atoms with Gasteiger partial charge in [0.25, 0.3) is 0 Å². The third-order valence-corrected chi connectivity index (χ3v) is 5.72. The van der Waals surface area contributed by atoms with Gasteiger partial charge in [0.1, 0.15) is 23.1 Å². The first-order chi connectivity index (χ1) is 14.0. The summed E-state index contributed by atoms with van der Waals surface area (Å²) in [7, 11) is 3.52. The highest BCUT2D eigenvalue weighted by Gasteiger charge is 2.37. The average molecular weight is 422 g/mol. The molecule has 0 spiro atoms. The number of anilines is 1. The smallest absolute Gasteiger partial charge is 0.353 e. The molecule has 1 aliphatic carbocycles. The van der Waals surface area contributed by atoms with Crippen LogP contribution < -0.4 is 4.90 Å². The summed E-state index contributed by atoms with van der Waals surface area (Å²) in [4.78, 5) is 6.42. The zero-order chi connectivity index (χ0) is 22.0. The molecule has 1 aliphatic rings. The molecule has 1 aromatic carbocycles. The summed E-state index contributed by atoms with van der Waals surface area (Å²) in [5.41, 5.74) is -0.833. The van der Waals surface area contributed by atoms with Crippen LogP contribution in [0.2, 0.25) is 0 Å². The highest BCUT2D eigenvalue weighted by molar-refractivity contribution is 5.94. The van der Waals surface area contributed by atoms with Gasteiger partial charge in [-0.25, -0.2) is 13.8 Å². The molecule has 0 radical (unpaired) electrons. The van der Waals surface area contributed by atoms with E-state index in [4.69, 9.17) is 0 Å². The number of hydrogen-bond acceptors (Lipinski definition) is 3. The van der Waals surface area contributed by atoms with E-state index in [9.17, 15) is 22.0 Å². The molecule has 0 aliphatic heterocycles. The summed E-state index contributed by atoms with van der Waals surface area (Å²) in [6, 6.07) is 2.47. The molecule has 0 fully saturated rings. The predicted octanol–water partition coefficient (Wildman–Crippen LogP) is 5.40. The monoisotopic (exact) mass is 422 g/mol. The zero-order valence-electron chi connectivity index (χ0n) is 16.8. The van der Waals surface area contributed by atoms with Gasteiger partial charge in [-0.05, 0) is 26.3 Å². The number of likely N-dealkylation sites (N-methyl/N-ethyl adjacent to an activating group) is 1. The molecule has 158 valence electrons. The van der Waals surface area contributed by atoms with Crippen LogP contribution in [0.15, 0.2) is 30.0 Å². The molecule has 4 nitrogen and oxygen atoms in total. The minimum absolute atomic E-state index is 0.0139. The first-order valence-corrected chi connectivity index (χ1v) is 9.29. The predicted molar refractivity (Wildman–Crippen MR) is 104 cm³/mol. The van der Waals surface area contributed by atoms with Gasteiger partial charge in [0.05, 0.1) is 17.1 Å². The van der Waals surface area contributed by atoms with Crippen molar-refractivity contribution in [1.82, 2.24) is 14.8 Å². The SMILES string of the molecule is CC1=CCC1N(C)c1cc2c(cn1)c(-c1cc(C(F)(F)F)c(F)c(C)c1F)nn2C. The Hall–Kier alpha value is -2.97. The van der Waals surface area contributed by atoms with Crippen LogP contribution in [-0.2, 0) is 13.2 Å². The Labute approximate surface area is 169 Å². The van der Waals surface area contributed by atoms with Crippen molar-refractivity contribution in [3.05, 3.63) is 52.7 Å². The van der Waals surface area contributed by atoms with E-state index in [2.05, 4.69) is 16.2 Å². The van der Waals surface area contributed by atoms with Gasteiger partial charge in [-0.15, -0.1) is 0 Å². The molecule has 0 amide bonds. The van der Waals surface area contributed by atoms with Crippen molar-refractivity contribution in [2.75, 3.05) is 11.9 Å². The molecule has 3 aromatic rings. The fraction of sp³-hybridized carbons (Fsp3) is 0.333. The number of aromatic nitrogens is 3. The van der Waals surface area contributed by atoms with E-state index < -0.39 is 34.5 Å². The van der Waals surface area contributed by atoms with Gasteiger partial charge in [-0.3, -0.25) is 4.68 Å². The van der Waals surface area contributed by atoms with Gasteiger partial charge in [-0.1, -0.05) is 11.6 Å². The Morgan fingerprint density at radius 3 is 2.40 bits per heavy atom. The minimum atomic E-state index is -4.95. The Morgan fingerprint density at radius 1 is 1.13 bits per heavy atom. The number of rotatable bonds is 3. The molecule has 4 rings (SSSR count). The maximum absolute atomic E-state index is 14.8. The number of benzene rings is 1. The Bertz CT molecular complexity index is 1190. The zero-order valence-corrected chi connectivity index (χ0v) is 16.8. The van der Waals surface area contributed by atoms with E-state index >= 15 is 0 Å². The van der Waals surface area contributed by atoms with Crippen molar-refractivity contribution in [3.8, 4) is 11.3 Å². The summed E-state index contributed by atoms with van der Waals surface area (Å²) in [5.74, 6) is -2.02. The van der Waals surface area contributed by atoms with Gasteiger partial charge in [0.2, 0.25) is 0 Å². The largest absolute Gasteiger partial charge is 0.419 e. The third kappa shape index (κ3) is 3.03. The number of halogens is 5. The van der Waals surface area contributed by atoms with E-state index in [0.29, 0.717) is 22.8 Å². The molecule has 1 unspecified atom stereocenters. The molecule has 2 aromatic heterocycles. The molecule has 0 N–H and O–H groups in total. The minimum Gasteiger partial charge on any atom is -0.353 e. The highest BCUT2D eigenvalue weighted by atomic mass is 19.4. The molecule has 0 saturated heterocycles. The lowest BCUT2D eigenvalue weighted by molar-refractivity contribution is -0.140. The Balaban J connectivity index is 1.87. The van der Waals surface area contributed by atoms with Crippen LogP contribution in [0.25, 0.3) is 22.2 Å². The number of aryl methyl sites for hydroxylation is 1. The van der Waals surface area contributed by atoms with Gasteiger partial charge >= 0.3 is 6.18 Å². The quantitative estimate of drug-likeness (QED) is 0.419. The molecule has 30 heavy (non-hydrogen) atoms. The first kappa shape index (κ1) is 20.3. The Kier molecular flexibility index (Phi) is 4.59. The van der Waals surface area contributed by atoms with Gasteiger partial charge < -0.3 is 4.90 Å². The van der Waals surface area contributed by atoms with Crippen molar-refractivity contribution in [1.29, 1.82) is 0 Å². The number of alkyl halides is 3. The molecule has 2 heterocycles. The summed E-state index contributed by atoms with van der Waals surface area (Å²) in [6.07, 6.45) is -0.463. The van der Waals surface area contributed by atoms with E-state index in [1.54, 1.807) is 13.1 Å². The maximum atomic E-state index is 14.8. The van der Waals surface area contributed by atoms with Crippen molar-refractivity contribution < 1.29 is 22.0 Å². The van der Waals surface area contributed by atoms with Crippen LogP contribution in [0.1, 0.15) is 24.5 Å². The average Bonchev–Trinajstić information content (AvgIpc) is 3.00. The third-order valence-electron chi connectivity index (χ3n) is 5.72. The van der Waals surface area contributed by atoms with Crippen LogP contribution in [0.4, 0.5) is 27.8 Å². The fourth-order valence-electron chi connectivity index (χ4n) is 3.77. The fourth-order valence-corrected chi connectivity index (χ4v) is 3.77. The maximum Gasteiger partial charge on any atom is 0.419 e. The lowest BCUT2D eigenvalue weighted by Gasteiger charge is -2.34. The van der Waals surface area contributed by atoms with E-state index in [0.717, 1.165) is 13.3 Å². The van der Waals surface area contributed by atoms with Crippen molar-refractivity contribution >= 4 is 16.7 Å².